The summed E-state index contributed by atoms with van der Waals surface area (Å²) >= 11 is 1.82. The molecule has 0 N–H and O–H groups in total. The van der Waals surface area contributed by atoms with Crippen LogP contribution >= 0.6 is 11.3 Å². The van der Waals surface area contributed by atoms with E-state index in [4.69, 9.17) is 4.98 Å². The molecule has 1 aromatic carbocycles. The van der Waals surface area contributed by atoms with Gasteiger partial charge in [-0.3, -0.25) is 9.97 Å². The van der Waals surface area contributed by atoms with E-state index in [9.17, 15) is 0 Å². The van der Waals surface area contributed by atoms with E-state index in [-0.39, 0.29) is 0 Å². The fraction of sp³-hybridized carbons (Fsp3) is 0.182. The molecule has 5 heteroatoms. The fourth-order valence-electron chi connectivity index (χ4n) is 3.70. The van der Waals surface area contributed by atoms with Gasteiger partial charge in [-0.25, -0.2) is 0 Å². The Kier molecular flexibility index (Phi) is 4.22. The smallest absolute Gasteiger partial charge is 0.103 e. The topological polar surface area (TPSA) is 32.3 Å². The quantitative estimate of drug-likeness (QED) is 0.522. The van der Waals surface area contributed by atoms with E-state index in [2.05, 4.69) is 63.3 Å². The summed E-state index contributed by atoms with van der Waals surface area (Å²) in [4.78, 5) is 15.0. The summed E-state index contributed by atoms with van der Waals surface area (Å²) in [6.07, 6.45) is 5.63. The van der Waals surface area contributed by atoms with Crippen LogP contribution in [0.5, 0.6) is 0 Å². The molecule has 0 radical (unpaired) electrons. The highest BCUT2D eigenvalue weighted by Crippen LogP contribution is 2.37. The van der Waals surface area contributed by atoms with Gasteiger partial charge in [0, 0.05) is 55.2 Å². The Morgan fingerprint density at radius 1 is 0.778 bits per heavy atom. The molecule has 134 valence electrons. The van der Waals surface area contributed by atoms with Gasteiger partial charge in [-0.15, -0.1) is 11.3 Å². The highest BCUT2D eigenvalue weighted by Gasteiger charge is 2.21. The summed E-state index contributed by atoms with van der Waals surface area (Å²) in [6.45, 7) is 3.99. The minimum atomic E-state index is 0.992. The average Bonchev–Trinajstić information content (AvgIpc) is 3.19. The van der Waals surface area contributed by atoms with Gasteiger partial charge in [-0.1, -0.05) is 18.2 Å². The molecule has 4 nitrogen and oxygen atoms in total. The number of aromatic nitrogens is 2. The normalized spacial score (nSPS) is 14.7. The fourth-order valence-corrected chi connectivity index (χ4v) is 4.77. The number of hydrogen-bond donors (Lipinski definition) is 0. The lowest BCUT2D eigenvalue weighted by Crippen LogP contribution is -2.46. The van der Waals surface area contributed by atoms with Crippen LogP contribution in [0.25, 0.3) is 20.7 Å². The van der Waals surface area contributed by atoms with E-state index < -0.39 is 0 Å². The zero-order valence-electron chi connectivity index (χ0n) is 15.0. The van der Waals surface area contributed by atoms with Crippen LogP contribution in [0, 0.1) is 0 Å². The number of fused-ring (bicyclic) bond motifs is 1. The highest BCUT2D eigenvalue weighted by molar-refractivity contribution is 7.22. The summed E-state index contributed by atoms with van der Waals surface area (Å²) in [6, 6.07) is 19.2. The zero-order chi connectivity index (χ0) is 18.1. The Labute approximate surface area is 162 Å². The molecule has 27 heavy (non-hydrogen) atoms. The van der Waals surface area contributed by atoms with E-state index in [1.165, 1.54) is 26.3 Å². The lowest BCUT2D eigenvalue weighted by atomic mass is 10.2. The number of nitrogens with zero attached hydrogens (tertiary/aromatic N) is 4. The molecular formula is C22H20N4S. The van der Waals surface area contributed by atoms with Crippen molar-refractivity contribution < 1.29 is 0 Å². The van der Waals surface area contributed by atoms with Gasteiger partial charge in [0.25, 0.3) is 0 Å². The number of hydrogen-bond acceptors (Lipinski definition) is 5. The van der Waals surface area contributed by atoms with E-state index in [0.717, 1.165) is 31.9 Å². The van der Waals surface area contributed by atoms with Gasteiger partial charge in [0.15, 0.2) is 0 Å². The molecule has 0 unspecified atom stereocenters. The lowest BCUT2D eigenvalue weighted by Gasteiger charge is -2.37. The van der Waals surface area contributed by atoms with Crippen LogP contribution in [0.15, 0.2) is 73.2 Å². The lowest BCUT2D eigenvalue weighted by molar-refractivity contribution is 0.653. The first-order chi connectivity index (χ1) is 13.4. The maximum Gasteiger partial charge on any atom is 0.103 e. The Morgan fingerprint density at radius 2 is 1.56 bits per heavy atom. The minimum Gasteiger partial charge on any atom is -0.368 e. The van der Waals surface area contributed by atoms with Crippen LogP contribution < -0.4 is 9.80 Å². The number of pyridine rings is 2. The number of piperazine rings is 1. The summed E-state index contributed by atoms with van der Waals surface area (Å²) in [5.74, 6) is 0. The predicted octanol–water partition coefficient (Wildman–Crippen LogP) is 4.68. The molecule has 0 aliphatic carbocycles. The first-order valence-electron chi connectivity index (χ1n) is 9.22. The maximum atomic E-state index is 4.74. The van der Waals surface area contributed by atoms with Gasteiger partial charge in [0.1, 0.15) is 5.69 Å². The van der Waals surface area contributed by atoms with Crippen LogP contribution in [-0.4, -0.2) is 36.1 Å². The molecule has 1 aliphatic heterocycles. The molecule has 4 heterocycles. The standard InChI is InChI=1S/C22H20N4S/c1-2-6-20-17(4-1)16-21(27-20)22-19(5-3-9-24-22)26-14-12-25(13-15-26)18-7-10-23-11-8-18/h1-11,16H,12-15H2. The number of thiophene rings is 1. The minimum absolute atomic E-state index is 0.992. The molecule has 4 aromatic rings. The van der Waals surface area contributed by atoms with Crippen LogP contribution in [0.4, 0.5) is 11.4 Å². The Morgan fingerprint density at radius 3 is 2.37 bits per heavy atom. The van der Waals surface area contributed by atoms with E-state index in [1.54, 1.807) is 0 Å². The van der Waals surface area contributed by atoms with Crippen molar-refractivity contribution in [3.8, 4) is 10.6 Å². The van der Waals surface area contributed by atoms with Crippen molar-refractivity contribution in [1.82, 2.24) is 9.97 Å². The van der Waals surface area contributed by atoms with Crippen molar-refractivity contribution in [2.75, 3.05) is 36.0 Å². The summed E-state index contributed by atoms with van der Waals surface area (Å²) < 4.78 is 1.31. The van der Waals surface area contributed by atoms with Gasteiger partial charge < -0.3 is 9.80 Å². The third-order valence-electron chi connectivity index (χ3n) is 5.09. The van der Waals surface area contributed by atoms with Gasteiger partial charge in [0.2, 0.25) is 0 Å². The first kappa shape index (κ1) is 16.3. The predicted molar refractivity (Wildman–Crippen MR) is 114 cm³/mol. The summed E-state index contributed by atoms with van der Waals surface area (Å²) in [7, 11) is 0. The molecule has 1 fully saturated rings. The Balaban J connectivity index is 1.42. The average molecular weight is 372 g/mol. The maximum absolute atomic E-state index is 4.74. The Hall–Kier alpha value is -2.92. The van der Waals surface area contributed by atoms with Crippen molar-refractivity contribution in [3.63, 3.8) is 0 Å². The second-order valence-electron chi connectivity index (χ2n) is 6.70. The van der Waals surface area contributed by atoms with E-state index in [0.29, 0.717) is 0 Å². The third kappa shape index (κ3) is 3.15. The van der Waals surface area contributed by atoms with Crippen molar-refractivity contribution >= 4 is 32.8 Å². The van der Waals surface area contributed by atoms with Crippen LogP contribution in [0.3, 0.4) is 0 Å². The molecule has 0 amide bonds. The summed E-state index contributed by atoms with van der Waals surface area (Å²) in [5.41, 5.74) is 3.58. The second-order valence-corrected chi connectivity index (χ2v) is 7.78. The van der Waals surface area contributed by atoms with Crippen molar-refractivity contribution in [1.29, 1.82) is 0 Å². The van der Waals surface area contributed by atoms with Crippen molar-refractivity contribution in [2.45, 2.75) is 0 Å². The highest BCUT2D eigenvalue weighted by atomic mass is 32.1. The molecule has 0 saturated carbocycles. The SMILES string of the molecule is c1cnc(-c2cc3ccccc3s2)c(N2CCN(c3ccncc3)CC2)c1. The van der Waals surface area contributed by atoms with Crippen molar-refractivity contribution in [3.05, 3.63) is 73.2 Å². The molecular weight excluding hydrogens is 352 g/mol. The van der Waals surface area contributed by atoms with Crippen LogP contribution in [0.1, 0.15) is 0 Å². The molecule has 1 aliphatic rings. The van der Waals surface area contributed by atoms with E-state index >= 15 is 0 Å². The number of benzene rings is 1. The van der Waals surface area contributed by atoms with E-state index in [1.807, 2.05) is 36.0 Å². The van der Waals surface area contributed by atoms with Crippen LogP contribution in [0.2, 0.25) is 0 Å². The van der Waals surface area contributed by atoms with Gasteiger partial charge in [-0.2, -0.15) is 0 Å². The van der Waals surface area contributed by atoms with Crippen molar-refractivity contribution in [2.24, 2.45) is 0 Å². The van der Waals surface area contributed by atoms with Crippen LogP contribution in [-0.2, 0) is 0 Å². The van der Waals surface area contributed by atoms with Gasteiger partial charge in [-0.05, 0) is 41.8 Å². The molecule has 3 aromatic heterocycles. The zero-order valence-corrected chi connectivity index (χ0v) is 15.8. The molecule has 0 bridgehead atoms. The Bertz CT molecular complexity index is 1020. The molecule has 1 saturated heterocycles. The van der Waals surface area contributed by atoms with Gasteiger partial charge >= 0.3 is 0 Å². The first-order valence-corrected chi connectivity index (χ1v) is 10.0. The largest absolute Gasteiger partial charge is 0.368 e. The summed E-state index contributed by atoms with van der Waals surface area (Å²) in [5, 5.41) is 1.29. The molecule has 5 rings (SSSR count). The number of anilines is 2. The second kappa shape index (κ2) is 7.00. The number of rotatable bonds is 3. The molecule has 0 atom stereocenters. The monoisotopic (exact) mass is 372 g/mol. The van der Waals surface area contributed by atoms with Gasteiger partial charge in [0.05, 0.1) is 10.6 Å². The third-order valence-corrected chi connectivity index (χ3v) is 6.22. The molecule has 0 spiro atoms.